The Morgan fingerprint density at radius 1 is 1.06 bits per heavy atom. The van der Waals surface area contributed by atoms with E-state index in [9.17, 15) is 27.6 Å². The highest BCUT2D eigenvalue weighted by Crippen LogP contribution is 2.36. The van der Waals surface area contributed by atoms with Crippen LogP contribution in [-0.2, 0) is 17.5 Å². The van der Waals surface area contributed by atoms with Gasteiger partial charge in [-0.3, -0.25) is 19.3 Å². The summed E-state index contributed by atoms with van der Waals surface area (Å²) in [7, 11) is 1.82. The van der Waals surface area contributed by atoms with Gasteiger partial charge in [0.2, 0.25) is 0 Å². The predicted octanol–water partition coefficient (Wildman–Crippen LogP) is 6.35. The molecular weight excluding hydrogens is 477 g/mol. The Morgan fingerprint density at radius 3 is 2.37 bits per heavy atom. The highest BCUT2D eigenvalue weighted by Gasteiger charge is 2.38. The number of carbonyl (C=O) groups excluding carboxylic acids is 3. The number of hydrogen-bond acceptors (Lipinski definition) is 4. The van der Waals surface area contributed by atoms with E-state index in [1.54, 1.807) is 29.2 Å². The monoisotopic (exact) mass is 502 g/mol. The van der Waals surface area contributed by atoms with Gasteiger partial charge in [-0.1, -0.05) is 49.6 Å². The van der Waals surface area contributed by atoms with Crippen molar-refractivity contribution >= 4 is 34.9 Å². The lowest BCUT2D eigenvalue weighted by Crippen LogP contribution is -2.38. The Balaban J connectivity index is 1.47. The third-order valence-corrected chi connectivity index (χ3v) is 7.33. The summed E-state index contributed by atoms with van der Waals surface area (Å²) < 4.78 is 39.9. The van der Waals surface area contributed by atoms with Crippen molar-refractivity contribution in [2.75, 3.05) is 7.05 Å². The van der Waals surface area contributed by atoms with Gasteiger partial charge in [0.25, 0.3) is 17.1 Å². The molecular formula is C26H25F3N2O3S. The van der Waals surface area contributed by atoms with Gasteiger partial charge in [-0.25, -0.2) is 0 Å². The van der Waals surface area contributed by atoms with Crippen LogP contribution in [0.4, 0.5) is 18.0 Å². The second-order valence-electron chi connectivity index (χ2n) is 8.75. The number of thioether (sulfide) groups is 1. The van der Waals surface area contributed by atoms with Crippen molar-refractivity contribution in [3.63, 3.8) is 0 Å². The fourth-order valence-corrected chi connectivity index (χ4v) is 5.29. The fourth-order valence-electron chi connectivity index (χ4n) is 4.45. The molecule has 1 aliphatic carbocycles. The fraction of sp³-hybridized carbons (Fsp3) is 0.346. The smallest absolute Gasteiger partial charge is 0.339 e. The van der Waals surface area contributed by atoms with E-state index in [1.807, 2.05) is 7.05 Å². The maximum Gasteiger partial charge on any atom is 0.416 e. The summed E-state index contributed by atoms with van der Waals surface area (Å²) in [6.45, 7) is -0.460. The molecule has 4 rings (SSSR count). The molecule has 9 heteroatoms. The summed E-state index contributed by atoms with van der Waals surface area (Å²) in [4.78, 5) is 40.8. The van der Waals surface area contributed by atoms with Gasteiger partial charge in [0.15, 0.2) is 0 Å². The predicted molar refractivity (Wildman–Crippen MR) is 128 cm³/mol. The number of amides is 3. The van der Waals surface area contributed by atoms with E-state index in [0.29, 0.717) is 22.9 Å². The largest absolute Gasteiger partial charge is 0.416 e. The number of carbonyl (C=O) groups is 3. The number of alkyl halides is 3. The quantitative estimate of drug-likeness (QED) is 0.448. The number of halogens is 3. The average Bonchev–Trinajstić information content (AvgIpc) is 3.11. The van der Waals surface area contributed by atoms with Crippen LogP contribution in [0.2, 0.25) is 0 Å². The molecule has 2 aromatic carbocycles. The van der Waals surface area contributed by atoms with Crippen LogP contribution in [0.25, 0.3) is 6.08 Å². The van der Waals surface area contributed by atoms with Crippen LogP contribution in [-0.4, -0.2) is 39.9 Å². The SMILES string of the molecule is CN(C(=O)c1ccc(/C=C2\SC(=O)N(Cc3ccccc3C(F)(F)F)C2=O)cc1)C1CCCCC1. The van der Waals surface area contributed by atoms with Crippen molar-refractivity contribution in [2.24, 2.45) is 0 Å². The highest BCUT2D eigenvalue weighted by atomic mass is 32.2. The zero-order chi connectivity index (χ0) is 25.2. The third kappa shape index (κ3) is 5.61. The maximum atomic E-state index is 13.3. The molecule has 2 aromatic rings. The highest BCUT2D eigenvalue weighted by molar-refractivity contribution is 8.18. The van der Waals surface area contributed by atoms with E-state index in [2.05, 4.69) is 0 Å². The van der Waals surface area contributed by atoms with E-state index in [4.69, 9.17) is 0 Å². The van der Waals surface area contributed by atoms with E-state index in [0.717, 1.165) is 36.6 Å². The Kier molecular flexibility index (Phi) is 7.35. The summed E-state index contributed by atoms with van der Waals surface area (Å²) in [6, 6.07) is 11.9. The van der Waals surface area contributed by atoms with Gasteiger partial charge in [0, 0.05) is 18.7 Å². The van der Waals surface area contributed by atoms with Gasteiger partial charge in [-0.15, -0.1) is 0 Å². The summed E-state index contributed by atoms with van der Waals surface area (Å²) in [6.07, 6.45) is 2.38. The molecule has 35 heavy (non-hydrogen) atoms. The molecule has 1 saturated carbocycles. The van der Waals surface area contributed by atoms with E-state index in [1.165, 1.54) is 30.7 Å². The van der Waals surface area contributed by atoms with E-state index in [-0.39, 0.29) is 22.4 Å². The topological polar surface area (TPSA) is 57.7 Å². The van der Waals surface area contributed by atoms with Gasteiger partial charge < -0.3 is 4.90 Å². The molecule has 2 aliphatic rings. The second-order valence-corrected chi connectivity index (χ2v) is 9.75. The van der Waals surface area contributed by atoms with E-state index >= 15 is 0 Å². The molecule has 0 unspecified atom stereocenters. The number of benzene rings is 2. The number of nitrogens with zero attached hydrogens (tertiary/aromatic N) is 2. The Bertz CT molecular complexity index is 1160. The minimum atomic E-state index is -4.58. The average molecular weight is 503 g/mol. The molecule has 1 saturated heterocycles. The first kappa shape index (κ1) is 25.0. The molecule has 1 heterocycles. The minimum absolute atomic E-state index is 0.0629. The van der Waals surface area contributed by atoms with Gasteiger partial charge in [-0.05, 0) is 60.0 Å². The lowest BCUT2D eigenvalue weighted by molar-refractivity contribution is -0.139. The first-order valence-electron chi connectivity index (χ1n) is 11.4. The first-order valence-corrected chi connectivity index (χ1v) is 12.2. The van der Waals surface area contributed by atoms with Crippen LogP contribution in [0.5, 0.6) is 0 Å². The minimum Gasteiger partial charge on any atom is -0.339 e. The van der Waals surface area contributed by atoms with Gasteiger partial charge >= 0.3 is 6.18 Å². The molecule has 1 aliphatic heterocycles. The van der Waals surface area contributed by atoms with Crippen LogP contribution < -0.4 is 0 Å². The zero-order valence-corrected chi connectivity index (χ0v) is 20.0. The standard InChI is InChI=1S/C26H25F3N2O3S/c1-30(20-8-3-2-4-9-20)23(32)18-13-11-17(12-14-18)15-22-24(33)31(25(34)35-22)16-19-7-5-6-10-21(19)26(27,28)29/h5-7,10-15,20H,2-4,8-9,16H2,1H3/b22-15-. The van der Waals surface area contributed by atoms with Crippen LogP contribution in [0.1, 0.15) is 59.2 Å². The summed E-state index contributed by atoms with van der Waals surface area (Å²) in [5, 5.41) is -0.626. The van der Waals surface area contributed by atoms with Crippen LogP contribution in [0, 0.1) is 0 Å². The van der Waals surface area contributed by atoms with Crippen molar-refractivity contribution in [2.45, 2.75) is 50.9 Å². The van der Waals surface area contributed by atoms with Crippen molar-refractivity contribution in [1.82, 2.24) is 9.80 Å². The number of hydrogen-bond donors (Lipinski definition) is 0. The summed E-state index contributed by atoms with van der Waals surface area (Å²) >= 11 is 0.686. The lowest BCUT2D eigenvalue weighted by Gasteiger charge is -2.31. The molecule has 0 N–H and O–H groups in total. The Labute approximate surface area is 206 Å². The molecule has 0 aromatic heterocycles. The molecule has 3 amide bonds. The van der Waals surface area contributed by atoms with Gasteiger partial charge in [0.05, 0.1) is 17.0 Å². The van der Waals surface area contributed by atoms with Crippen LogP contribution in [0.3, 0.4) is 0 Å². The summed E-state index contributed by atoms with van der Waals surface area (Å²) in [5.41, 5.74) is 0.130. The van der Waals surface area contributed by atoms with Gasteiger partial charge in [0.1, 0.15) is 0 Å². The van der Waals surface area contributed by atoms with Gasteiger partial charge in [-0.2, -0.15) is 13.2 Å². The van der Waals surface area contributed by atoms with E-state index < -0.39 is 29.4 Å². The Hall–Kier alpha value is -3.07. The van der Waals surface area contributed by atoms with Crippen LogP contribution in [0.15, 0.2) is 53.4 Å². The molecule has 0 atom stereocenters. The number of rotatable bonds is 5. The second kappa shape index (κ2) is 10.3. The normalized spacial score (nSPS) is 18.4. The van der Waals surface area contributed by atoms with Crippen molar-refractivity contribution < 1.29 is 27.6 Å². The lowest BCUT2D eigenvalue weighted by atomic mass is 9.94. The molecule has 2 fully saturated rings. The summed E-state index contributed by atoms with van der Waals surface area (Å²) in [5.74, 6) is -0.707. The molecule has 5 nitrogen and oxygen atoms in total. The maximum absolute atomic E-state index is 13.3. The molecule has 0 spiro atoms. The molecule has 0 radical (unpaired) electrons. The Morgan fingerprint density at radius 2 is 1.71 bits per heavy atom. The molecule has 0 bridgehead atoms. The zero-order valence-electron chi connectivity index (χ0n) is 19.2. The number of imide groups is 1. The van der Waals surface area contributed by atoms with Crippen molar-refractivity contribution in [3.05, 3.63) is 75.7 Å². The van der Waals surface area contributed by atoms with Crippen molar-refractivity contribution in [3.8, 4) is 0 Å². The van der Waals surface area contributed by atoms with Crippen molar-refractivity contribution in [1.29, 1.82) is 0 Å². The first-order chi connectivity index (χ1) is 16.6. The van der Waals surface area contributed by atoms with Crippen LogP contribution >= 0.6 is 11.8 Å². The molecule has 184 valence electrons. The third-order valence-electron chi connectivity index (χ3n) is 6.42.